The number of aryl methyl sites for hydroxylation is 2. The van der Waals surface area contributed by atoms with Gasteiger partial charge in [-0.2, -0.15) is 0 Å². The number of carbonyl (C=O) groups is 3. The molecule has 0 aliphatic heterocycles. The van der Waals surface area contributed by atoms with Gasteiger partial charge >= 0.3 is 5.97 Å². The number of amides is 2. The Morgan fingerprint density at radius 2 is 1.37 bits per heavy atom. The first-order valence-electron chi connectivity index (χ1n) is 10.7. The van der Waals surface area contributed by atoms with Gasteiger partial charge in [-0.1, -0.05) is 39.3 Å². The van der Waals surface area contributed by atoms with Crippen LogP contribution in [0.1, 0.15) is 24.0 Å². The predicted octanol–water partition coefficient (Wildman–Crippen LogP) is 6.77. The van der Waals surface area contributed by atoms with Gasteiger partial charge in [-0.05, 0) is 85.6 Å². The van der Waals surface area contributed by atoms with Gasteiger partial charge in [0.1, 0.15) is 0 Å². The molecule has 0 aromatic heterocycles. The van der Waals surface area contributed by atoms with Crippen LogP contribution in [0.5, 0.6) is 0 Å². The van der Waals surface area contributed by atoms with E-state index in [1.807, 2.05) is 62.4 Å². The number of esters is 1. The van der Waals surface area contributed by atoms with E-state index >= 15 is 0 Å². The van der Waals surface area contributed by atoms with E-state index in [4.69, 9.17) is 16.3 Å². The van der Waals surface area contributed by atoms with Crippen LogP contribution in [-0.4, -0.2) is 24.4 Å². The van der Waals surface area contributed by atoms with Gasteiger partial charge < -0.3 is 15.4 Å². The molecule has 35 heavy (non-hydrogen) atoms. The Kier molecular flexibility index (Phi) is 9.77. The van der Waals surface area contributed by atoms with E-state index in [1.54, 1.807) is 23.9 Å². The molecular formula is C26H24BrClN2O4S. The van der Waals surface area contributed by atoms with E-state index < -0.39 is 18.5 Å². The molecule has 0 aliphatic rings. The Bertz CT molecular complexity index is 1190. The summed E-state index contributed by atoms with van der Waals surface area (Å²) in [7, 11) is 0. The first kappa shape index (κ1) is 26.8. The van der Waals surface area contributed by atoms with Crippen LogP contribution < -0.4 is 10.6 Å². The molecule has 0 fully saturated rings. The van der Waals surface area contributed by atoms with Gasteiger partial charge in [-0.3, -0.25) is 14.4 Å². The van der Waals surface area contributed by atoms with E-state index in [2.05, 4.69) is 26.6 Å². The van der Waals surface area contributed by atoms with Gasteiger partial charge in [-0.25, -0.2) is 0 Å². The number of ether oxygens (including phenoxy) is 1. The SMILES string of the molecule is Cc1cc(NC(=O)COC(=O)CCC(=O)Nc2ccc(Sc3ccc(Cl)cc3)cc2)cc(C)c1Br. The Morgan fingerprint density at radius 1 is 0.829 bits per heavy atom. The first-order valence-corrected chi connectivity index (χ1v) is 12.7. The smallest absolute Gasteiger partial charge is 0.306 e. The highest BCUT2D eigenvalue weighted by atomic mass is 79.9. The number of benzene rings is 3. The van der Waals surface area contributed by atoms with Crippen molar-refractivity contribution in [3.8, 4) is 0 Å². The quantitative estimate of drug-likeness (QED) is 0.275. The minimum absolute atomic E-state index is 0.0488. The van der Waals surface area contributed by atoms with Crippen LogP contribution in [0.4, 0.5) is 11.4 Å². The van der Waals surface area contributed by atoms with Crippen LogP contribution in [0, 0.1) is 13.8 Å². The molecule has 0 saturated carbocycles. The third-order valence-electron chi connectivity index (χ3n) is 4.83. The van der Waals surface area contributed by atoms with Crippen LogP contribution >= 0.6 is 39.3 Å². The average molecular weight is 576 g/mol. The molecule has 182 valence electrons. The fourth-order valence-corrected chi connectivity index (χ4v) is 4.29. The minimum atomic E-state index is -0.617. The summed E-state index contributed by atoms with van der Waals surface area (Å²) < 4.78 is 5.97. The molecule has 0 radical (unpaired) electrons. The normalized spacial score (nSPS) is 10.5. The highest BCUT2D eigenvalue weighted by molar-refractivity contribution is 9.10. The number of hydrogen-bond donors (Lipinski definition) is 2. The lowest BCUT2D eigenvalue weighted by molar-refractivity contribution is -0.147. The number of halogens is 2. The van der Waals surface area contributed by atoms with Crippen molar-refractivity contribution in [2.24, 2.45) is 0 Å². The lowest BCUT2D eigenvalue weighted by Gasteiger charge is -2.10. The van der Waals surface area contributed by atoms with E-state index in [0.717, 1.165) is 25.4 Å². The van der Waals surface area contributed by atoms with E-state index in [9.17, 15) is 14.4 Å². The van der Waals surface area contributed by atoms with Crippen molar-refractivity contribution in [3.63, 3.8) is 0 Å². The second kappa shape index (κ2) is 12.8. The van der Waals surface area contributed by atoms with Crippen molar-refractivity contribution in [2.75, 3.05) is 17.2 Å². The molecule has 0 spiro atoms. The summed E-state index contributed by atoms with van der Waals surface area (Å²) >= 11 is 11.0. The standard InChI is InChI=1S/C26H24BrClN2O4S/c1-16-13-20(14-17(2)26(16)27)30-24(32)15-34-25(33)12-11-23(31)29-19-5-9-22(10-6-19)35-21-7-3-18(28)4-8-21/h3-10,13-14H,11-12,15H2,1-2H3,(H,29,31)(H,30,32). The molecule has 2 N–H and O–H groups in total. The summed E-state index contributed by atoms with van der Waals surface area (Å²) in [4.78, 5) is 38.3. The van der Waals surface area contributed by atoms with Gasteiger partial charge in [0, 0.05) is 37.1 Å². The largest absolute Gasteiger partial charge is 0.456 e. The zero-order valence-electron chi connectivity index (χ0n) is 19.2. The number of anilines is 2. The Labute approximate surface area is 221 Å². The molecule has 0 saturated heterocycles. The van der Waals surface area contributed by atoms with E-state index in [0.29, 0.717) is 16.4 Å². The van der Waals surface area contributed by atoms with Crippen LogP contribution in [0.15, 0.2) is 74.9 Å². The molecule has 0 unspecified atom stereocenters. The highest BCUT2D eigenvalue weighted by Gasteiger charge is 2.12. The van der Waals surface area contributed by atoms with Crippen molar-refractivity contribution < 1.29 is 19.1 Å². The van der Waals surface area contributed by atoms with Gasteiger partial charge in [0.25, 0.3) is 5.91 Å². The molecule has 9 heteroatoms. The topological polar surface area (TPSA) is 84.5 Å². The average Bonchev–Trinajstić information content (AvgIpc) is 2.82. The molecule has 6 nitrogen and oxygen atoms in total. The van der Waals surface area contributed by atoms with Crippen molar-refractivity contribution in [1.29, 1.82) is 0 Å². The summed E-state index contributed by atoms with van der Waals surface area (Å²) in [6, 6.07) is 18.6. The Morgan fingerprint density at radius 3 is 1.97 bits per heavy atom. The molecular weight excluding hydrogens is 552 g/mol. The van der Waals surface area contributed by atoms with Gasteiger partial charge in [0.2, 0.25) is 5.91 Å². The van der Waals surface area contributed by atoms with Crippen molar-refractivity contribution in [1.82, 2.24) is 0 Å². The van der Waals surface area contributed by atoms with E-state index in [-0.39, 0.29) is 18.7 Å². The van der Waals surface area contributed by atoms with Crippen LogP contribution in [0.25, 0.3) is 0 Å². The number of hydrogen-bond acceptors (Lipinski definition) is 5. The maximum atomic E-state index is 12.2. The van der Waals surface area contributed by atoms with Crippen molar-refractivity contribution >= 4 is 68.5 Å². The predicted molar refractivity (Wildman–Crippen MR) is 143 cm³/mol. The summed E-state index contributed by atoms with van der Waals surface area (Å²) in [5, 5.41) is 6.14. The molecule has 0 atom stereocenters. The molecule has 0 heterocycles. The summed E-state index contributed by atoms with van der Waals surface area (Å²) in [5.41, 5.74) is 3.22. The van der Waals surface area contributed by atoms with Crippen LogP contribution in [0.3, 0.4) is 0 Å². The lowest BCUT2D eigenvalue weighted by Crippen LogP contribution is -2.22. The lowest BCUT2D eigenvalue weighted by atomic mass is 10.1. The molecule has 3 rings (SSSR count). The Balaban J connectivity index is 1.38. The second-order valence-electron chi connectivity index (χ2n) is 7.76. The zero-order chi connectivity index (χ0) is 25.4. The third kappa shape index (κ3) is 8.72. The van der Waals surface area contributed by atoms with Crippen molar-refractivity contribution in [3.05, 3.63) is 81.3 Å². The molecule has 0 aliphatic carbocycles. The number of rotatable bonds is 9. The first-order chi connectivity index (χ1) is 16.7. The third-order valence-corrected chi connectivity index (χ3v) is 7.35. The maximum Gasteiger partial charge on any atom is 0.306 e. The molecule has 0 bridgehead atoms. The Hall–Kier alpha value is -2.81. The molecule has 2 amide bonds. The van der Waals surface area contributed by atoms with Crippen molar-refractivity contribution in [2.45, 2.75) is 36.5 Å². The summed E-state index contributed by atoms with van der Waals surface area (Å²) in [5.74, 6) is -1.38. The van der Waals surface area contributed by atoms with Crippen LogP contribution in [0.2, 0.25) is 5.02 Å². The number of carbonyl (C=O) groups excluding carboxylic acids is 3. The van der Waals surface area contributed by atoms with Gasteiger partial charge in [-0.15, -0.1) is 0 Å². The molecule has 3 aromatic carbocycles. The fraction of sp³-hybridized carbons (Fsp3) is 0.192. The maximum absolute atomic E-state index is 12.2. The zero-order valence-corrected chi connectivity index (χ0v) is 22.4. The minimum Gasteiger partial charge on any atom is -0.456 e. The van der Waals surface area contributed by atoms with Crippen LogP contribution in [-0.2, 0) is 19.1 Å². The summed E-state index contributed by atoms with van der Waals surface area (Å²) in [6.07, 6.45) is -0.174. The van der Waals surface area contributed by atoms with Gasteiger partial charge in [0.05, 0.1) is 6.42 Å². The summed E-state index contributed by atoms with van der Waals surface area (Å²) in [6.45, 7) is 3.43. The second-order valence-corrected chi connectivity index (χ2v) is 10.1. The molecule has 3 aromatic rings. The van der Waals surface area contributed by atoms with E-state index in [1.165, 1.54) is 0 Å². The number of nitrogens with one attached hydrogen (secondary N) is 2. The highest BCUT2D eigenvalue weighted by Crippen LogP contribution is 2.29. The monoisotopic (exact) mass is 574 g/mol. The van der Waals surface area contributed by atoms with Gasteiger partial charge in [0.15, 0.2) is 6.61 Å². The fourth-order valence-electron chi connectivity index (χ4n) is 3.12.